The maximum atomic E-state index is 9.69. The van der Waals surface area contributed by atoms with E-state index in [1.807, 2.05) is 42.6 Å². The Labute approximate surface area is 119 Å². The molecule has 0 aliphatic heterocycles. The average molecular weight is 327 g/mol. The van der Waals surface area contributed by atoms with Gasteiger partial charge in [-0.3, -0.25) is 0 Å². The van der Waals surface area contributed by atoms with Crippen LogP contribution in [0.25, 0.3) is 0 Å². The van der Waals surface area contributed by atoms with E-state index in [2.05, 4.69) is 15.9 Å². The SMILES string of the molecule is CC[C@@H](O)c1ccc(OCc2sccc2Br)cc1. The highest BCUT2D eigenvalue weighted by Crippen LogP contribution is 2.25. The van der Waals surface area contributed by atoms with E-state index in [0.717, 1.165) is 22.2 Å². The monoisotopic (exact) mass is 326 g/mol. The smallest absolute Gasteiger partial charge is 0.124 e. The van der Waals surface area contributed by atoms with Crippen molar-refractivity contribution in [2.24, 2.45) is 0 Å². The Bertz CT molecular complexity index is 493. The molecular formula is C14H15BrO2S. The lowest BCUT2D eigenvalue weighted by atomic mass is 10.1. The number of hydrogen-bond donors (Lipinski definition) is 1. The fraction of sp³-hybridized carbons (Fsp3) is 0.286. The zero-order chi connectivity index (χ0) is 13.0. The molecule has 2 aromatic rings. The molecular weight excluding hydrogens is 312 g/mol. The molecule has 1 aromatic carbocycles. The lowest BCUT2D eigenvalue weighted by Crippen LogP contribution is -1.96. The van der Waals surface area contributed by atoms with Crippen LogP contribution in [-0.4, -0.2) is 5.11 Å². The first-order valence-corrected chi connectivity index (χ1v) is 7.50. The molecule has 2 nitrogen and oxygen atoms in total. The van der Waals surface area contributed by atoms with Gasteiger partial charge >= 0.3 is 0 Å². The highest BCUT2D eigenvalue weighted by Gasteiger charge is 2.05. The molecule has 1 aromatic heterocycles. The number of rotatable bonds is 5. The Morgan fingerprint density at radius 2 is 2.00 bits per heavy atom. The molecule has 1 N–H and O–H groups in total. The molecule has 18 heavy (non-hydrogen) atoms. The lowest BCUT2D eigenvalue weighted by Gasteiger charge is -2.09. The van der Waals surface area contributed by atoms with Gasteiger partial charge in [0.2, 0.25) is 0 Å². The maximum absolute atomic E-state index is 9.69. The van der Waals surface area contributed by atoms with Crippen molar-refractivity contribution in [3.63, 3.8) is 0 Å². The van der Waals surface area contributed by atoms with Crippen molar-refractivity contribution >= 4 is 27.3 Å². The summed E-state index contributed by atoms with van der Waals surface area (Å²) in [6, 6.07) is 9.63. The molecule has 1 atom stereocenters. The fourth-order valence-electron chi connectivity index (χ4n) is 1.60. The molecule has 0 aliphatic rings. The van der Waals surface area contributed by atoms with E-state index in [9.17, 15) is 5.11 Å². The second kappa shape index (κ2) is 6.36. The topological polar surface area (TPSA) is 29.5 Å². The number of aliphatic hydroxyl groups excluding tert-OH is 1. The molecule has 0 fully saturated rings. The maximum Gasteiger partial charge on any atom is 0.124 e. The minimum Gasteiger partial charge on any atom is -0.488 e. The summed E-state index contributed by atoms with van der Waals surface area (Å²) in [5, 5.41) is 11.7. The van der Waals surface area contributed by atoms with Gasteiger partial charge in [0.1, 0.15) is 12.4 Å². The lowest BCUT2D eigenvalue weighted by molar-refractivity contribution is 0.173. The highest BCUT2D eigenvalue weighted by molar-refractivity contribution is 9.10. The Morgan fingerprint density at radius 1 is 1.28 bits per heavy atom. The van der Waals surface area contributed by atoms with Gasteiger partial charge in [0.05, 0.1) is 11.0 Å². The molecule has 0 bridgehead atoms. The van der Waals surface area contributed by atoms with Gasteiger partial charge in [0.25, 0.3) is 0 Å². The van der Waals surface area contributed by atoms with Crippen LogP contribution in [-0.2, 0) is 6.61 Å². The summed E-state index contributed by atoms with van der Waals surface area (Å²) in [6.45, 7) is 2.53. The molecule has 0 spiro atoms. The molecule has 1 heterocycles. The highest BCUT2D eigenvalue weighted by atomic mass is 79.9. The van der Waals surface area contributed by atoms with Crippen LogP contribution in [0.5, 0.6) is 5.75 Å². The predicted octanol–water partition coefficient (Wildman–Crippen LogP) is 4.53. The Balaban J connectivity index is 1.96. The van der Waals surface area contributed by atoms with Crippen molar-refractivity contribution in [3.8, 4) is 5.75 Å². The number of halogens is 1. The van der Waals surface area contributed by atoms with E-state index in [0.29, 0.717) is 6.61 Å². The third kappa shape index (κ3) is 3.34. The van der Waals surface area contributed by atoms with Crippen molar-refractivity contribution in [1.29, 1.82) is 0 Å². The molecule has 4 heteroatoms. The molecule has 0 saturated heterocycles. The summed E-state index contributed by atoms with van der Waals surface area (Å²) in [5.41, 5.74) is 0.933. The van der Waals surface area contributed by atoms with E-state index < -0.39 is 0 Å². The molecule has 96 valence electrons. The van der Waals surface area contributed by atoms with Gasteiger partial charge in [-0.1, -0.05) is 19.1 Å². The fourth-order valence-corrected chi connectivity index (χ4v) is 2.98. The molecule has 2 rings (SSSR count). The Kier molecular flexibility index (Phi) is 4.80. The van der Waals surface area contributed by atoms with Crippen molar-refractivity contribution in [1.82, 2.24) is 0 Å². The standard InChI is InChI=1S/C14H15BrO2S/c1-2-13(16)10-3-5-11(6-4-10)17-9-14-12(15)7-8-18-14/h3-8,13,16H,2,9H2,1H3/t13-/m1/s1. The number of benzene rings is 1. The summed E-state index contributed by atoms with van der Waals surface area (Å²) in [5.74, 6) is 0.822. The summed E-state index contributed by atoms with van der Waals surface area (Å²) in [7, 11) is 0. The second-order valence-corrected chi connectivity index (χ2v) is 5.83. The van der Waals surface area contributed by atoms with Gasteiger partial charge in [-0.25, -0.2) is 0 Å². The summed E-state index contributed by atoms with van der Waals surface area (Å²) in [6.07, 6.45) is 0.341. The van der Waals surface area contributed by atoms with Gasteiger partial charge in [-0.05, 0) is 51.5 Å². The molecule has 0 amide bonds. The van der Waals surface area contributed by atoms with Crippen LogP contribution in [0.15, 0.2) is 40.2 Å². The van der Waals surface area contributed by atoms with Crippen LogP contribution in [0.2, 0.25) is 0 Å². The van der Waals surface area contributed by atoms with E-state index in [-0.39, 0.29) is 6.10 Å². The molecule has 0 unspecified atom stereocenters. The zero-order valence-corrected chi connectivity index (χ0v) is 12.5. The summed E-state index contributed by atoms with van der Waals surface area (Å²) < 4.78 is 6.79. The Hall–Kier alpha value is -0.840. The number of thiophene rings is 1. The van der Waals surface area contributed by atoms with Crippen molar-refractivity contribution < 1.29 is 9.84 Å². The second-order valence-electron chi connectivity index (χ2n) is 3.97. The Morgan fingerprint density at radius 3 is 2.56 bits per heavy atom. The largest absolute Gasteiger partial charge is 0.488 e. The minimum absolute atomic E-state index is 0.384. The van der Waals surface area contributed by atoms with Crippen LogP contribution >= 0.6 is 27.3 Å². The third-order valence-corrected chi connectivity index (χ3v) is 4.61. The molecule has 0 aliphatic carbocycles. The quantitative estimate of drug-likeness (QED) is 0.874. The van der Waals surface area contributed by atoms with E-state index in [1.54, 1.807) is 11.3 Å². The van der Waals surface area contributed by atoms with Gasteiger partial charge < -0.3 is 9.84 Å². The van der Waals surface area contributed by atoms with Gasteiger partial charge in [0.15, 0.2) is 0 Å². The third-order valence-electron chi connectivity index (χ3n) is 2.71. The molecule has 0 saturated carbocycles. The van der Waals surface area contributed by atoms with E-state index in [4.69, 9.17) is 4.74 Å². The first-order valence-electron chi connectivity index (χ1n) is 5.83. The van der Waals surface area contributed by atoms with Gasteiger partial charge in [-0.2, -0.15) is 0 Å². The predicted molar refractivity (Wildman–Crippen MR) is 78.0 cm³/mol. The summed E-state index contributed by atoms with van der Waals surface area (Å²) >= 11 is 5.15. The normalized spacial score (nSPS) is 12.4. The van der Waals surface area contributed by atoms with E-state index >= 15 is 0 Å². The van der Waals surface area contributed by atoms with Crippen molar-refractivity contribution in [2.45, 2.75) is 26.1 Å². The first-order chi connectivity index (χ1) is 8.70. The van der Waals surface area contributed by atoms with E-state index in [1.165, 1.54) is 4.88 Å². The van der Waals surface area contributed by atoms with Crippen LogP contribution in [0.4, 0.5) is 0 Å². The number of hydrogen-bond acceptors (Lipinski definition) is 3. The number of ether oxygens (including phenoxy) is 1. The van der Waals surface area contributed by atoms with Crippen LogP contribution in [0, 0.1) is 0 Å². The van der Waals surface area contributed by atoms with Crippen molar-refractivity contribution in [3.05, 3.63) is 50.6 Å². The van der Waals surface area contributed by atoms with Crippen molar-refractivity contribution in [2.75, 3.05) is 0 Å². The zero-order valence-electron chi connectivity index (χ0n) is 10.1. The minimum atomic E-state index is -0.384. The number of aliphatic hydroxyl groups is 1. The van der Waals surface area contributed by atoms with Gasteiger partial charge in [-0.15, -0.1) is 11.3 Å². The first kappa shape index (κ1) is 13.6. The van der Waals surface area contributed by atoms with Crippen LogP contribution < -0.4 is 4.74 Å². The summed E-state index contributed by atoms with van der Waals surface area (Å²) in [4.78, 5) is 1.17. The average Bonchev–Trinajstić information content (AvgIpc) is 2.81. The molecule has 0 radical (unpaired) electrons. The van der Waals surface area contributed by atoms with Gasteiger partial charge in [0, 0.05) is 4.47 Å². The van der Waals surface area contributed by atoms with Crippen LogP contribution in [0.1, 0.15) is 29.9 Å². The van der Waals surface area contributed by atoms with Crippen LogP contribution in [0.3, 0.4) is 0 Å².